The van der Waals surface area contributed by atoms with Gasteiger partial charge in [0.15, 0.2) is 12.6 Å². The van der Waals surface area contributed by atoms with Crippen molar-refractivity contribution in [3.05, 3.63) is 24.3 Å². The number of carbonyl (C=O) groups excluding carboxylic acids is 2. The van der Waals surface area contributed by atoms with Crippen molar-refractivity contribution in [1.82, 2.24) is 4.90 Å². The molecule has 324 valence electrons. The maximum Gasteiger partial charge on any atom is 0.308 e. The highest BCUT2D eigenvalue weighted by molar-refractivity contribution is 5.70. The van der Waals surface area contributed by atoms with Crippen LogP contribution in [0.15, 0.2) is 24.3 Å². The Morgan fingerprint density at radius 3 is 2.36 bits per heavy atom. The van der Waals surface area contributed by atoms with E-state index in [2.05, 4.69) is 13.8 Å². The molecule has 3 aliphatic rings. The van der Waals surface area contributed by atoms with E-state index in [0.717, 1.165) is 12.7 Å². The first-order valence-corrected chi connectivity index (χ1v) is 20.5. The van der Waals surface area contributed by atoms with Crippen LogP contribution in [0.3, 0.4) is 0 Å². The minimum Gasteiger partial charge on any atom is -0.462 e. The van der Waals surface area contributed by atoms with Crippen LogP contribution in [0.1, 0.15) is 93.9 Å². The molecule has 0 amide bonds. The van der Waals surface area contributed by atoms with Gasteiger partial charge in [-0.3, -0.25) is 4.79 Å². The van der Waals surface area contributed by atoms with Gasteiger partial charge in [-0.25, -0.2) is 0 Å². The number of likely N-dealkylation sites (N-methyl/N-ethyl adjacent to an activating group) is 1. The molecular formula is C42H73NO13. The van der Waals surface area contributed by atoms with Crippen molar-refractivity contribution in [3.8, 4) is 0 Å². The minimum atomic E-state index is -1.40. The van der Waals surface area contributed by atoms with Crippen LogP contribution in [-0.2, 0) is 47.5 Å². The minimum absolute atomic E-state index is 0.0153. The van der Waals surface area contributed by atoms with Crippen LogP contribution >= 0.6 is 0 Å². The summed E-state index contributed by atoms with van der Waals surface area (Å²) < 4.78 is 50.2. The van der Waals surface area contributed by atoms with E-state index in [4.69, 9.17) is 37.9 Å². The topological polar surface area (TPSA) is 172 Å². The zero-order valence-corrected chi connectivity index (χ0v) is 35.7. The summed E-state index contributed by atoms with van der Waals surface area (Å²) in [6.45, 7) is 16.7. The van der Waals surface area contributed by atoms with Gasteiger partial charge in [-0.05, 0) is 79.3 Å². The van der Waals surface area contributed by atoms with Crippen LogP contribution in [0.25, 0.3) is 0 Å². The van der Waals surface area contributed by atoms with Crippen LogP contribution in [0.5, 0.6) is 0 Å². The molecule has 0 aliphatic carbocycles. The van der Waals surface area contributed by atoms with Gasteiger partial charge in [0.2, 0.25) is 0 Å². The first-order valence-electron chi connectivity index (χ1n) is 20.5. The molecule has 0 spiro atoms. The van der Waals surface area contributed by atoms with Crippen molar-refractivity contribution in [2.24, 2.45) is 17.8 Å². The molecule has 0 saturated carbocycles. The van der Waals surface area contributed by atoms with E-state index in [-0.39, 0.29) is 31.0 Å². The number of allylic oxidation sites excluding steroid dienone is 2. The second kappa shape index (κ2) is 23.1. The smallest absolute Gasteiger partial charge is 0.308 e. The summed E-state index contributed by atoms with van der Waals surface area (Å²) in [5.41, 5.74) is -0.694. The quantitative estimate of drug-likeness (QED) is 0.170. The molecule has 1 unspecified atom stereocenters. The Morgan fingerprint density at radius 2 is 1.73 bits per heavy atom. The fourth-order valence-corrected chi connectivity index (χ4v) is 8.23. The number of hydrogen-bond donors (Lipinski definition) is 3. The third-order valence-electron chi connectivity index (χ3n) is 11.2. The molecule has 0 aromatic heterocycles. The number of carbonyl (C=O) groups is 2. The molecule has 0 aromatic rings. The number of methoxy groups -OCH3 is 1. The monoisotopic (exact) mass is 800 g/mol. The lowest BCUT2D eigenvalue weighted by atomic mass is 9.82. The first-order chi connectivity index (χ1) is 26.5. The largest absolute Gasteiger partial charge is 0.462 e. The molecule has 2 saturated heterocycles. The lowest BCUT2D eigenvalue weighted by molar-refractivity contribution is -0.348. The normalized spacial score (nSPS) is 42.0. The maximum atomic E-state index is 12.9. The van der Waals surface area contributed by atoms with E-state index < -0.39 is 91.4 Å². The second-order valence-corrected chi connectivity index (χ2v) is 16.7. The Balaban J connectivity index is 1.92. The number of aldehydes is 1. The number of hydrogen-bond acceptors (Lipinski definition) is 14. The molecule has 3 rings (SSSR count). The summed E-state index contributed by atoms with van der Waals surface area (Å²) >= 11 is 0. The molecule has 14 heteroatoms. The first kappa shape index (κ1) is 48.5. The summed E-state index contributed by atoms with van der Waals surface area (Å²) in [4.78, 5) is 27.0. The number of cyclic esters (lactones) is 1. The second-order valence-electron chi connectivity index (χ2n) is 16.7. The summed E-state index contributed by atoms with van der Waals surface area (Å²) in [5, 5.41) is 34.6. The number of rotatable bonds is 14. The van der Waals surface area contributed by atoms with E-state index in [1.54, 1.807) is 25.2 Å². The number of esters is 1. The van der Waals surface area contributed by atoms with Gasteiger partial charge >= 0.3 is 5.97 Å². The SMILES string of the molecule is CCO[C@]1(C)C[C@H](O[C@H]2[C@H](N(C)C)[C@@H](O)[C@H](O[C@H]3C(CC=O)C[C@@H](C)[C@@H](O)/C=C/C=C/C[C@@H](C)OC(=O)C[C@@H](O)[C@@H]3OC)O[C@@H]2C)O[C@@H](C)[C@@H]1OCCC(C)C. The van der Waals surface area contributed by atoms with Gasteiger partial charge in [0.05, 0.1) is 48.6 Å². The molecular weight excluding hydrogens is 726 g/mol. The summed E-state index contributed by atoms with van der Waals surface area (Å²) in [5.74, 6) is -1.09. The lowest BCUT2D eigenvalue weighted by Crippen LogP contribution is -2.66. The van der Waals surface area contributed by atoms with Gasteiger partial charge in [0.1, 0.15) is 36.8 Å². The van der Waals surface area contributed by atoms with Gasteiger partial charge in [0, 0.05) is 39.6 Å². The van der Waals surface area contributed by atoms with Crippen LogP contribution in [-0.4, -0.2) is 152 Å². The van der Waals surface area contributed by atoms with Gasteiger partial charge in [-0.2, -0.15) is 0 Å². The zero-order valence-electron chi connectivity index (χ0n) is 35.7. The summed E-state index contributed by atoms with van der Waals surface area (Å²) in [6.07, 6.45) is -0.783. The van der Waals surface area contributed by atoms with E-state index in [0.29, 0.717) is 32.0 Å². The number of aliphatic hydroxyl groups is 3. The van der Waals surface area contributed by atoms with Gasteiger partial charge < -0.3 is 62.9 Å². The van der Waals surface area contributed by atoms with E-state index in [1.165, 1.54) is 7.11 Å². The Morgan fingerprint density at radius 1 is 1.02 bits per heavy atom. The molecule has 3 heterocycles. The van der Waals surface area contributed by atoms with Gasteiger partial charge in [-0.15, -0.1) is 0 Å². The van der Waals surface area contributed by atoms with Crippen LogP contribution in [0.4, 0.5) is 0 Å². The summed E-state index contributed by atoms with van der Waals surface area (Å²) in [6, 6.07) is -0.655. The molecule has 3 aliphatic heterocycles. The number of nitrogens with zero attached hydrogens (tertiary/aromatic N) is 1. The zero-order chi connectivity index (χ0) is 41.7. The third-order valence-corrected chi connectivity index (χ3v) is 11.2. The molecule has 0 radical (unpaired) electrons. The molecule has 56 heavy (non-hydrogen) atoms. The lowest BCUT2D eigenvalue weighted by Gasteiger charge is -2.51. The van der Waals surface area contributed by atoms with E-state index in [1.807, 2.05) is 59.7 Å². The fourth-order valence-electron chi connectivity index (χ4n) is 8.23. The average Bonchev–Trinajstić information content (AvgIpc) is 3.10. The van der Waals surface area contributed by atoms with Crippen molar-refractivity contribution in [2.45, 2.75) is 179 Å². The fraction of sp³-hybridized carbons (Fsp3) is 0.857. The Bertz CT molecular complexity index is 1230. The number of ether oxygens (including phenoxy) is 8. The standard InChI is InChI=1S/C42H73NO13/c1-12-51-42(8)24-34(53-29(7)40(42)50-21-19-25(2)3)55-37-28(6)54-41(36(48)35(37)43(9)10)56-38-30(18-20-44)22-26(4)31(45)17-15-13-14-16-27(5)52-33(47)23-32(46)39(38)49-11/h13-15,17,20,25-32,34-41,45-46,48H,12,16,18-19,21-24H2,1-11H3/b14-13+,17-15+/t26-,27-,28-,29+,30?,31+,32-,34+,35-,36-,37-,38+,39+,40+,41+,42-/m1/s1. The molecule has 2 fully saturated rings. The Hall–Kier alpha value is -1.82. The highest BCUT2D eigenvalue weighted by atomic mass is 16.7. The van der Waals surface area contributed by atoms with E-state index >= 15 is 0 Å². The van der Waals surface area contributed by atoms with Crippen molar-refractivity contribution < 1.29 is 62.8 Å². The molecule has 3 N–H and O–H groups in total. The molecule has 0 aromatic carbocycles. The predicted molar refractivity (Wildman–Crippen MR) is 210 cm³/mol. The average molecular weight is 800 g/mol. The van der Waals surface area contributed by atoms with Crippen LogP contribution < -0.4 is 0 Å². The number of aliphatic hydroxyl groups excluding tert-OH is 3. The van der Waals surface area contributed by atoms with Gasteiger partial charge in [0.25, 0.3) is 0 Å². The third kappa shape index (κ3) is 13.6. The van der Waals surface area contributed by atoms with Crippen molar-refractivity contribution in [2.75, 3.05) is 34.4 Å². The Kier molecular flexibility index (Phi) is 20.0. The van der Waals surface area contributed by atoms with E-state index in [9.17, 15) is 24.9 Å². The van der Waals surface area contributed by atoms with Crippen molar-refractivity contribution in [3.63, 3.8) is 0 Å². The van der Waals surface area contributed by atoms with Crippen molar-refractivity contribution >= 4 is 12.3 Å². The highest BCUT2D eigenvalue weighted by Crippen LogP contribution is 2.39. The van der Waals surface area contributed by atoms with Crippen LogP contribution in [0.2, 0.25) is 0 Å². The molecule has 16 atom stereocenters. The Labute approximate surface area is 335 Å². The highest BCUT2D eigenvalue weighted by Gasteiger charge is 2.53. The van der Waals surface area contributed by atoms with Gasteiger partial charge in [-0.1, -0.05) is 45.1 Å². The molecule has 0 bridgehead atoms. The summed E-state index contributed by atoms with van der Waals surface area (Å²) in [7, 11) is 5.04. The van der Waals surface area contributed by atoms with Crippen LogP contribution in [0, 0.1) is 17.8 Å². The predicted octanol–water partition coefficient (Wildman–Crippen LogP) is 3.96. The maximum absolute atomic E-state index is 12.9. The molecule has 14 nitrogen and oxygen atoms in total. The van der Waals surface area contributed by atoms with Crippen molar-refractivity contribution in [1.29, 1.82) is 0 Å².